The number of hydrogen-bond donors (Lipinski definition) is 0. The van der Waals surface area contributed by atoms with E-state index in [9.17, 15) is 13.6 Å². The van der Waals surface area contributed by atoms with Crippen LogP contribution in [0.15, 0.2) is 47.2 Å². The number of rotatable bonds is 3. The molecule has 1 aliphatic heterocycles. The lowest BCUT2D eigenvalue weighted by Gasteiger charge is -2.16. The summed E-state index contributed by atoms with van der Waals surface area (Å²) in [7, 11) is 0. The number of benzene rings is 1. The van der Waals surface area contributed by atoms with E-state index < -0.39 is 17.5 Å². The highest BCUT2D eigenvalue weighted by molar-refractivity contribution is 5.94. The standard InChI is InChI=1S/C19H16F2N4O2/c1-11-9-25(19(26)13-6-14(20)8-15(21)7-13)10-16(11)18-23-17(24-27-18)12-2-4-22-5-3-12/h2-8,11,16H,9-10H2,1H3. The maximum absolute atomic E-state index is 13.4. The minimum atomic E-state index is -0.777. The minimum absolute atomic E-state index is 0.0108. The molecule has 0 saturated carbocycles. The molecule has 0 N–H and O–H groups in total. The van der Waals surface area contributed by atoms with E-state index in [4.69, 9.17) is 4.52 Å². The van der Waals surface area contributed by atoms with Gasteiger partial charge in [-0.25, -0.2) is 8.78 Å². The Morgan fingerprint density at radius 1 is 1.15 bits per heavy atom. The van der Waals surface area contributed by atoms with Gasteiger partial charge in [0.1, 0.15) is 11.6 Å². The van der Waals surface area contributed by atoms with Crippen LogP contribution in [0.4, 0.5) is 8.78 Å². The molecule has 1 saturated heterocycles. The summed E-state index contributed by atoms with van der Waals surface area (Å²) in [6, 6.07) is 6.38. The van der Waals surface area contributed by atoms with Crippen molar-refractivity contribution in [1.29, 1.82) is 0 Å². The van der Waals surface area contributed by atoms with E-state index in [0.717, 1.165) is 23.8 Å². The Kier molecular flexibility index (Phi) is 4.39. The second-order valence-electron chi connectivity index (χ2n) is 6.64. The molecule has 138 valence electrons. The number of hydrogen-bond acceptors (Lipinski definition) is 5. The van der Waals surface area contributed by atoms with Gasteiger partial charge in [-0.05, 0) is 30.2 Å². The first-order valence-corrected chi connectivity index (χ1v) is 8.50. The Hall–Kier alpha value is -3.16. The molecule has 0 aliphatic carbocycles. The summed E-state index contributed by atoms with van der Waals surface area (Å²) < 4.78 is 32.2. The molecule has 1 aromatic carbocycles. The zero-order chi connectivity index (χ0) is 19.0. The molecule has 0 radical (unpaired) electrons. The number of aromatic nitrogens is 3. The molecule has 0 bridgehead atoms. The third kappa shape index (κ3) is 3.42. The highest BCUT2D eigenvalue weighted by Crippen LogP contribution is 2.33. The number of amides is 1. The maximum atomic E-state index is 13.4. The van der Waals surface area contributed by atoms with Crippen molar-refractivity contribution >= 4 is 5.91 Å². The average molecular weight is 370 g/mol. The molecule has 2 unspecified atom stereocenters. The molecule has 1 fully saturated rings. The van der Waals surface area contributed by atoms with Gasteiger partial charge in [0.25, 0.3) is 5.91 Å². The Morgan fingerprint density at radius 3 is 2.56 bits per heavy atom. The van der Waals surface area contributed by atoms with Gasteiger partial charge in [-0.15, -0.1) is 0 Å². The topological polar surface area (TPSA) is 72.1 Å². The van der Waals surface area contributed by atoms with E-state index in [0.29, 0.717) is 24.8 Å². The van der Waals surface area contributed by atoms with Gasteiger partial charge < -0.3 is 9.42 Å². The highest BCUT2D eigenvalue weighted by Gasteiger charge is 2.37. The third-order valence-electron chi connectivity index (χ3n) is 4.71. The summed E-state index contributed by atoms with van der Waals surface area (Å²) in [5.41, 5.74) is 0.775. The first-order valence-electron chi connectivity index (χ1n) is 8.50. The van der Waals surface area contributed by atoms with Crippen molar-refractivity contribution in [3.8, 4) is 11.4 Å². The Labute approximate surface area is 153 Å². The van der Waals surface area contributed by atoms with Gasteiger partial charge in [0, 0.05) is 42.7 Å². The van der Waals surface area contributed by atoms with Crippen molar-refractivity contribution in [2.45, 2.75) is 12.8 Å². The second-order valence-corrected chi connectivity index (χ2v) is 6.64. The van der Waals surface area contributed by atoms with Crippen LogP contribution in [-0.4, -0.2) is 39.0 Å². The molecule has 8 heteroatoms. The fraction of sp³-hybridized carbons (Fsp3) is 0.263. The van der Waals surface area contributed by atoms with E-state index in [1.165, 1.54) is 0 Å². The summed E-state index contributed by atoms with van der Waals surface area (Å²) in [5, 5.41) is 4.00. The number of pyridine rings is 1. The number of likely N-dealkylation sites (tertiary alicyclic amines) is 1. The first kappa shape index (κ1) is 17.3. The summed E-state index contributed by atoms with van der Waals surface area (Å²) in [5.74, 6) is -1.15. The molecule has 3 aromatic rings. The number of nitrogens with zero attached hydrogens (tertiary/aromatic N) is 4. The maximum Gasteiger partial charge on any atom is 0.254 e. The summed E-state index contributed by atoms with van der Waals surface area (Å²) in [4.78, 5) is 22.6. The van der Waals surface area contributed by atoms with Crippen molar-refractivity contribution in [3.05, 3.63) is 65.8 Å². The number of carbonyl (C=O) groups is 1. The van der Waals surface area contributed by atoms with E-state index in [1.807, 2.05) is 6.92 Å². The fourth-order valence-corrected chi connectivity index (χ4v) is 3.32. The predicted molar refractivity (Wildman–Crippen MR) is 91.7 cm³/mol. The quantitative estimate of drug-likeness (QED) is 0.707. The molecule has 6 nitrogen and oxygen atoms in total. The van der Waals surface area contributed by atoms with Crippen LogP contribution in [0.2, 0.25) is 0 Å². The second kappa shape index (κ2) is 6.86. The van der Waals surface area contributed by atoms with Crippen LogP contribution in [0.3, 0.4) is 0 Å². The Morgan fingerprint density at radius 2 is 1.85 bits per heavy atom. The zero-order valence-electron chi connectivity index (χ0n) is 14.5. The van der Waals surface area contributed by atoms with Gasteiger partial charge >= 0.3 is 0 Å². The molecule has 1 aliphatic rings. The molecular weight excluding hydrogens is 354 g/mol. The lowest BCUT2D eigenvalue weighted by atomic mass is 9.98. The highest BCUT2D eigenvalue weighted by atomic mass is 19.1. The molecule has 0 spiro atoms. The minimum Gasteiger partial charge on any atom is -0.339 e. The molecule has 2 aromatic heterocycles. The van der Waals surface area contributed by atoms with E-state index >= 15 is 0 Å². The fourth-order valence-electron chi connectivity index (χ4n) is 3.32. The largest absolute Gasteiger partial charge is 0.339 e. The normalized spacial score (nSPS) is 19.4. The summed E-state index contributed by atoms with van der Waals surface area (Å²) in [6.07, 6.45) is 3.28. The van der Waals surface area contributed by atoms with Crippen LogP contribution in [0.5, 0.6) is 0 Å². The van der Waals surface area contributed by atoms with Crippen LogP contribution < -0.4 is 0 Å². The molecule has 2 atom stereocenters. The summed E-state index contributed by atoms with van der Waals surface area (Å²) >= 11 is 0. The van der Waals surface area contributed by atoms with Gasteiger partial charge in [-0.2, -0.15) is 4.98 Å². The SMILES string of the molecule is CC1CN(C(=O)c2cc(F)cc(F)c2)CC1c1nc(-c2ccncc2)no1. The van der Waals surface area contributed by atoms with Crippen molar-refractivity contribution in [1.82, 2.24) is 20.0 Å². The van der Waals surface area contributed by atoms with Crippen molar-refractivity contribution in [2.75, 3.05) is 13.1 Å². The molecule has 3 heterocycles. The van der Waals surface area contributed by atoms with Gasteiger partial charge in [0.15, 0.2) is 0 Å². The van der Waals surface area contributed by atoms with Crippen molar-refractivity contribution in [2.24, 2.45) is 5.92 Å². The molecule has 4 rings (SSSR count). The zero-order valence-corrected chi connectivity index (χ0v) is 14.5. The lowest BCUT2D eigenvalue weighted by molar-refractivity contribution is 0.0785. The van der Waals surface area contributed by atoms with Crippen molar-refractivity contribution in [3.63, 3.8) is 0 Å². The van der Waals surface area contributed by atoms with E-state index in [2.05, 4.69) is 15.1 Å². The van der Waals surface area contributed by atoms with Crippen LogP contribution in [-0.2, 0) is 0 Å². The predicted octanol–water partition coefficient (Wildman–Crippen LogP) is 3.29. The molecule has 1 amide bonds. The van der Waals surface area contributed by atoms with Gasteiger partial charge in [0.05, 0.1) is 5.92 Å². The van der Waals surface area contributed by atoms with Crippen LogP contribution in [0, 0.1) is 17.6 Å². The van der Waals surface area contributed by atoms with Gasteiger partial charge in [0.2, 0.25) is 11.7 Å². The lowest BCUT2D eigenvalue weighted by Crippen LogP contribution is -2.29. The van der Waals surface area contributed by atoms with Crippen LogP contribution >= 0.6 is 0 Å². The first-order chi connectivity index (χ1) is 13.0. The third-order valence-corrected chi connectivity index (χ3v) is 4.71. The Balaban J connectivity index is 1.53. The number of halogens is 2. The van der Waals surface area contributed by atoms with Gasteiger partial charge in [-0.1, -0.05) is 12.1 Å². The van der Waals surface area contributed by atoms with E-state index in [1.54, 1.807) is 29.4 Å². The van der Waals surface area contributed by atoms with Crippen LogP contribution in [0.25, 0.3) is 11.4 Å². The van der Waals surface area contributed by atoms with E-state index in [-0.39, 0.29) is 17.4 Å². The average Bonchev–Trinajstić information content (AvgIpc) is 3.27. The van der Waals surface area contributed by atoms with Gasteiger partial charge in [-0.3, -0.25) is 9.78 Å². The molecular formula is C19H16F2N4O2. The molecule has 27 heavy (non-hydrogen) atoms. The number of carbonyl (C=O) groups excluding carboxylic acids is 1. The summed E-state index contributed by atoms with van der Waals surface area (Å²) in [6.45, 7) is 2.76. The smallest absolute Gasteiger partial charge is 0.254 e. The Bertz CT molecular complexity index is 957. The monoisotopic (exact) mass is 370 g/mol. The van der Waals surface area contributed by atoms with Crippen LogP contribution in [0.1, 0.15) is 29.1 Å². The van der Waals surface area contributed by atoms with Crippen molar-refractivity contribution < 1.29 is 18.1 Å².